The molecule has 0 spiro atoms. The van der Waals surface area contributed by atoms with Crippen molar-refractivity contribution in [2.45, 2.75) is 0 Å². The summed E-state index contributed by atoms with van der Waals surface area (Å²) in [6.07, 6.45) is 0. The molecule has 7 heteroatoms. The van der Waals surface area contributed by atoms with Crippen LogP contribution >= 0.6 is 11.8 Å². The van der Waals surface area contributed by atoms with Gasteiger partial charge in [0.1, 0.15) is 0 Å². The van der Waals surface area contributed by atoms with Crippen LogP contribution in [0.3, 0.4) is 0 Å². The molecule has 2 aromatic carbocycles. The molecule has 1 amide bonds. The van der Waals surface area contributed by atoms with Gasteiger partial charge in [0.15, 0.2) is 5.17 Å². The van der Waals surface area contributed by atoms with Gasteiger partial charge >= 0.3 is 0 Å². The monoisotopic (exact) mass is 389 g/mol. The second kappa shape index (κ2) is 8.28. The molecule has 0 aromatic heterocycles. The molecule has 28 heavy (non-hydrogen) atoms. The van der Waals surface area contributed by atoms with E-state index in [-0.39, 0.29) is 5.91 Å². The van der Waals surface area contributed by atoms with Crippen molar-refractivity contribution in [1.82, 2.24) is 9.80 Å². The van der Waals surface area contributed by atoms with Gasteiger partial charge in [-0.1, -0.05) is 48.2 Å². The summed E-state index contributed by atoms with van der Waals surface area (Å²) < 4.78 is 0. The van der Waals surface area contributed by atoms with E-state index >= 15 is 0 Å². The van der Waals surface area contributed by atoms with Crippen molar-refractivity contribution in [3.63, 3.8) is 0 Å². The van der Waals surface area contributed by atoms with E-state index in [1.165, 1.54) is 0 Å². The number of hydrogen-bond acceptors (Lipinski definition) is 6. The minimum absolute atomic E-state index is 0.0284. The van der Waals surface area contributed by atoms with Crippen LogP contribution in [0.25, 0.3) is 0 Å². The van der Waals surface area contributed by atoms with Gasteiger partial charge in [-0.25, -0.2) is 0 Å². The summed E-state index contributed by atoms with van der Waals surface area (Å²) in [4.78, 5) is 16.7. The van der Waals surface area contributed by atoms with Gasteiger partial charge in [0.05, 0.1) is 17.3 Å². The van der Waals surface area contributed by atoms with E-state index in [0.717, 1.165) is 35.3 Å². The van der Waals surface area contributed by atoms with Gasteiger partial charge in [0.25, 0.3) is 5.91 Å². The molecule has 2 aromatic rings. The molecule has 0 bridgehead atoms. The van der Waals surface area contributed by atoms with E-state index in [9.17, 15) is 4.79 Å². The van der Waals surface area contributed by atoms with Crippen molar-refractivity contribution in [2.24, 2.45) is 10.2 Å². The van der Waals surface area contributed by atoms with Gasteiger partial charge in [-0.05, 0) is 23.8 Å². The average Bonchev–Trinajstić information content (AvgIpc) is 2.79. The van der Waals surface area contributed by atoms with Crippen LogP contribution in [-0.4, -0.2) is 58.5 Å². The zero-order valence-electron chi connectivity index (χ0n) is 15.3. The Balaban J connectivity index is 1.38. The lowest BCUT2D eigenvalue weighted by Crippen LogP contribution is -2.50. The molecule has 0 atom stereocenters. The predicted molar refractivity (Wildman–Crippen MR) is 112 cm³/mol. The number of amides is 1. The van der Waals surface area contributed by atoms with E-state index in [1.807, 2.05) is 35.2 Å². The van der Waals surface area contributed by atoms with Crippen molar-refractivity contribution in [3.05, 3.63) is 71.3 Å². The molecule has 0 saturated carbocycles. The van der Waals surface area contributed by atoms with Crippen LogP contribution < -0.4 is 0 Å². The molecule has 4 rings (SSSR count). The van der Waals surface area contributed by atoms with Gasteiger partial charge < -0.3 is 9.80 Å². The molecule has 0 aliphatic carbocycles. The summed E-state index contributed by atoms with van der Waals surface area (Å²) in [6, 6.07) is 19.0. The van der Waals surface area contributed by atoms with Crippen LogP contribution in [0, 0.1) is 11.3 Å². The maximum Gasteiger partial charge on any atom is 0.254 e. The number of rotatable bonds is 2. The quantitative estimate of drug-likeness (QED) is 0.792. The van der Waals surface area contributed by atoms with Gasteiger partial charge in [-0.2, -0.15) is 10.4 Å². The Morgan fingerprint density at radius 2 is 1.79 bits per heavy atom. The number of benzene rings is 2. The molecule has 2 aliphatic heterocycles. The molecule has 1 fully saturated rings. The third-order valence-corrected chi connectivity index (χ3v) is 5.79. The highest BCUT2D eigenvalue weighted by Crippen LogP contribution is 2.20. The Kier molecular flexibility index (Phi) is 5.40. The molecule has 140 valence electrons. The summed E-state index contributed by atoms with van der Waals surface area (Å²) in [5.41, 5.74) is 3.16. The topological polar surface area (TPSA) is 72.1 Å². The first-order valence-electron chi connectivity index (χ1n) is 9.12. The number of hydrogen-bond donors (Lipinski definition) is 0. The SMILES string of the molecule is N#Cc1cccc(C(=O)N2CCN(C3=NN=C(c4ccccc4)CS3)CC2)c1. The minimum atomic E-state index is -0.0284. The highest BCUT2D eigenvalue weighted by molar-refractivity contribution is 8.14. The second-order valence-corrected chi connectivity index (χ2v) is 7.50. The summed E-state index contributed by atoms with van der Waals surface area (Å²) in [7, 11) is 0. The lowest BCUT2D eigenvalue weighted by atomic mass is 10.1. The van der Waals surface area contributed by atoms with E-state index in [4.69, 9.17) is 5.26 Å². The maximum absolute atomic E-state index is 12.7. The number of thioether (sulfide) groups is 1. The van der Waals surface area contributed by atoms with Crippen molar-refractivity contribution in [2.75, 3.05) is 31.9 Å². The van der Waals surface area contributed by atoms with Gasteiger partial charge in [-0.3, -0.25) is 4.79 Å². The fraction of sp³-hybridized carbons (Fsp3) is 0.238. The van der Waals surface area contributed by atoms with Crippen LogP contribution in [-0.2, 0) is 0 Å². The standard InChI is InChI=1S/C21H19N5OS/c22-14-16-5-4-8-18(13-16)20(27)25-9-11-26(12-10-25)21-24-23-19(15-28-21)17-6-2-1-3-7-17/h1-8,13H,9-12,15H2. The Morgan fingerprint density at radius 3 is 2.46 bits per heavy atom. The number of carbonyl (C=O) groups is 1. The maximum atomic E-state index is 12.7. The molecular weight excluding hydrogens is 370 g/mol. The molecule has 2 aliphatic rings. The molecule has 0 N–H and O–H groups in total. The first-order chi connectivity index (χ1) is 13.7. The van der Waals surface area contributed by atoms with Crippen LogP contribution in [0.1, 0.15) is 21.5 Å². The van der Waals surface area contributed by atoms with Crippen LogP contribution in [0.15, 0.2) is 64.8 Å². The van der Waals surface area contributed by atoms with Gasteiger partial charge in [-0.15, -0.1) is 5.10 Å². The van der Waals surface area contributed by atoms with Crippen molar-refractivity contribution in [1.29, 1.82) is 5.26 Å². The largest absolute Gasteiger partial charge is 0.346 e. The normalized spacial score (nSPS) is 16.8. The number of piperazine rings is 1. The number of carbonyl (C=O) groups excluding carboxylic acids is 1. The summed E-state index contributed by atoms with van der Waals surface area (Å²) >= 11 is 1.69. The third-order valence-electron chi connectivity index (χ3n) is 4.78. The number of amidine groups is 1. The Labute approximate surface area is 168 Å². The molecule has 0 unspecified atom stereocenters. The van der Waals surface area contributed by atoms with Crippen LogP contribution in [0.4, 0.5) is 0 Å². The fourth-order valence-electron chi connectivity index (χ4n) is 3.23. The number of nitrogens with zero attached hydrogens (tertiary/aromatic N) is 5. The lowest BCUT2D eigenvalue weighted by molar-refractivity contribution is 0.0693. The first kappa shape index (κ1) is 18.3. The van der Waals surface area contributed by atoms with Gasteiger partial charge in [0, 0.05) is 37.5 Å². The van der Waals surface area contributed by atoms with Crippen molar-refractivity contribution >= 4 is 28.5 Å². The van der Waals surface area contributed by atoms with E-state index in [1.54, 1.807) is 36.0 Å². The highest BCUT2D eigenvalue weighted by Gasteiger charge is 2.25. The molecule has 6 nitrogen and oxygen atoms in total. The van der Waals surface area contributed by atoms with Crippen LogP contribution in [0.5, 0.6) is 0 Å². The molecule has 2 heterocycles. The van der Waals surface area contributed by atoms with Crippen LogP contribution in [0.2, 0.25) is 0 Å². The Morgan fingerprint density at radius 1 is 1.00 bits per heavy atom. The van der Waals surface area contributed by atoms with Crippen molar-refractivity contribution < 1.29 is 4.79 Å². The smallest absolute Gasteiger partial charge is 0.254 e. The van der Waals surface area contributed by atoms with Gasteiger partial charge in [0.2, 0.25) is 0 Å². The molecular formula is C21H19N5OS. The summed E-state index contributed by atoms with van der Waals surface area (Å²) in [6.45, 7) is 2.71. The number of nitriles is 1. The lowest BCUT2D eigenvalue weighted by Gasteiger charge is -2.36. The predicted octanol–water partition coefficient (Wildman–Crippen LogP) is 2.82. The molecule has 0 radical (unpaired) electrons. The Bertz CT molecular complexity index is 972. The van der Waals surface area contributed by atoms with E-state index in [2.05, 4.69) is 21.2 Å². The average molecular weight is 389 g/mol. The summed E-state index contributed by atoms with van der Waals surface area (Å²) in [5, 5.41) is 18.8. The first-order valence-corrected chi connectivity index (χ1v) is 10.1. The van der Waals surface area contributed by atoms with E-state index in [0.29, 0.717) is 24.2 Å². The highest BCUT2D eigenvalue weighted by atomic mass is 32.2. The molecule has 1 saturated heterocycles. The zero-order chi connectivity index (χ0) is 19.3. The summed E-state index contributed by atoms with van der Waals surface area (Å²) in [5.74, 6) is 0.766. The second-order valence-electron chi connectivity index (χ2n) is 6.56. The Hall–Kier alpha value is -3.11. The fourth-order valence-corrected chi connectivity index (χ4v) is 4.18. The van der Waals surface area contributed by atoms with Crippen molar-refractivity contribution in [3.8, 4) is 6.07 Å². The minimum Gasteiger partial charge on any atom is -0.346 e. The zero-order valence-corrected chi connectivity index (χ0v) is 16.1. The van der Waals surface area contributed by atoms with E-state index < -0.39 is 0 Å². The third kappa shape index (κ3) is 3.92.